The number of nitrogens with zero attached hydrogens (tertiary/aromatic N) is 2. The molecular weight excluding hydrogens is 257 g/mol. The van der Waals surface area contributed by atoms with Crippen molar-refractivity contribution in [2.24, 2.45) is 0 Å². The van der Waals surface area contributed by atoms with Crippen molar-refractivity contribution in [3.8, 4) is 0 Å². The predicted octanol–water partition coefficient (Wildman–Crippen LogP) is 3.69. The van der Waals surface area contributed by atoms with Gasteiger partial charge in [0.05, 0.1) is 23.6 Å². The quantitative estimate of drug-likeness (QED) is 0.904. The molecule has 90 valence electrons. The van der Waals surface area contributed by atoms with E-state index in [9.17, 15) is 0 Å². The van der Waals surface area contributed by atoms with E-state index in [1.165, 1.54) is 0 Å². The minimum absolute atomic E-state index is 0.0477. The minimum Gasteiger partial charge on any atom is -0.396 e. The summed E-state index contributed by atoms with van der Waals surface area (Å²) in [4.78, 5) is 0. The molecule has 2 aromatic rings. The standard InChI is InChI=1S/C12H13Cl2N3/c1-7-11(15)6-16-17(7)8(2)12-9(13)4-3-5-10(12)14/h3-6,8H,15H2,1-2H3. The lowest BCUT2D eigenvalue weighted by Gasteiger charge is -2.17. The summed E-state index contributed by atoms with van der Waals surface area (Å²) in [6.07, 6.45) is 1.64. The van der Waals surface area contributed by atoms with Crippen LogP contribution in [0.1, 0.15) is 24.2 Å². The lowest BCUT2D eigenvalue weighted by Crippen LogP contribution is -2.11. The molecule has 1 heterocycles. The van der Waals surface area contributed by atoms with Crippen LogP contribution in [0.15, 0.2) is 24.4 Å². The second kappa shape index (κ2) is 4.59. The number of nitrogen functional groups attached to an aromatic ring is 1. The van der Waals surface area contributed by atoms with Crippen molar-refractivity contribution in [3.05, 3.63) is 45.7 Å². The Balaban J connectivity index is 2.51. The normalized spacial score (nSPS) is 12.7. The summed E-state index contributed by atoms with van der Waals surface area (Å²) in [7, 11) is 0. The molecular formula is C12H13Cl2N3. The largest absolute Gasteiger partial charge is 0.396 e. The third-order valence-electron chi connectivity index (χ3n) is 2.87. The van der Waals surface area contributed by atoms with E-state index in [4.69, 9.17) is 28.9 Å². The van der Waals surface area contributed by atoms with E-state index < -0.39 is 0 Å². The van der Waals surface area contributed by atoms with Gasteiger partial charge in [-0.1, -0.05) is 29.3 Å². The van der Waals surface area contributed by atoms with Crippen molar-refractivity contribution in [1.82, 2.24) is 9.78 Å². The van der Waals surface area contributed by atoms with E-state index in [-0.39, 0.29) is 6.04 Å². The van der Waals surface area contributed by atoms with E-state index in [1.54, 1.807) is 6.20 Å². The Morgan fingerprint density at radius 2 is 1.88 bits per heavy atom. The smallest absolute Gasteiger partial charge is 0.0773 e. The number of anilines is 1. The van der Waals surface area contributed by atoms with Gasteiger partial charge in [0.25, 0.3) is 0 Å². The second-order valence-electron chi connectivity index (χ2n) is 3.94. The number of hydrogen-bond acceptors (Lipinski definition) is 2. The lowest BCUT2D eigenvalue weighted by molar-refractivity contribution is 0.550. The molecule has 0 aliphatic rings. The number of nitrogens with two attached hydrogens (primary N) is 1. The maximum Gasteiger partial charge on any atom is 0.0773 e. The molecule has 3 nitrogen and oxygen atoms in total. The number of benzene rings is 1. The highest BCUT2D eigenvalue weighted by molar-refractivity contribution is 6.36. The average Bonchev–Trinajstić information content (AvgIpc) is 2.59. The van der Waals surface area contributed by atoms with Crippen LogP contribution in [-0.2, 0) is 0 Å². The Morgan fingerprint density at radius 1 is 1.29 bits per heavy atom. The van der Waals surface area contributed by atoms with Gasteiger partial charge in [-0.25, -0.2) is 0 Å². The first-order valence-corrected chi connectivity index (χ1v) is 6.01. The molecule has 0 saturated carbocycles. The number of halogens is 2. The number of aromatic nitrogens is 2. The van der Waals surface area contributed by atoms with Gasteiger partial charge in [0, 0.05) is 15.6 Å². The van der Waals surface area contributed by atoms with Gasteiger partial charge < -0.3 is 5.73 Å². The molecule has 0 bridgehead atoms. The average molecular weight is 270 g/mol. The van der Waals surface area contributed by atoms with Crippen LogP contribution in [0.25, 0.3) is 0 Å². The molecule has 2 rings (SSSR count). The number of hydrogen-bond donors (Lipinski definition) is 1. The summed E-state index contributed by atoms with van der Waals surface area (Å²) in [5.74, 6) is 0. The van der Waals surface area contributed by atoms with E-state index in [1.807, 2.05) is 36.7 Å². The van der Waals surface area contributed by atoms with Crippen molar-refractivity contribution in [1.29, 1.82) is 0 Å². The van der Waals surface area contributed by atoms with Crippen molar-refractivity contribution in [3.63, 3.8) is 0 Å². The molecule has 0 aliphatic heterocycles. The highest BCUT2D eigenvalue weighted by Crippen LogP contribution is 2.33. The third-order valence-corrected chi connectivity index (χ3v) is 3.53. The van der Waals surface area contributed by atoms with E-state index in [0.717, 1.165) is 11.3 Å². The zero-order chi connectivity index (χ0) is 12.6. The van der Waals surface area contributed by atoms with E-state index >= 15 is 0 Å². The Hall–Kier alpha value is -1.19. The number of rotatable bonds is 2. The van der Waals surface area contributed by atoms with Gasteiger partial charge in [0.2, 0.25) is 0 Å². The van der Waals surface area contributed by atoms with Crippen molar-refractivity contribution < 1.29 is 0 Å². The van der Waals surface area contributed by atoms with Crippen molar-refractivity contribution >= 4 is 28.9 Å². The van der Waals surface area contributed by atoms with E-state index in [0.29, 0.717) is 15.7 Å². The first-order chi connectivity index (χ1) is 8.02. The fraction of sp³-hybridized carbons (Fsp3) is 0.250. The zero-order valence-corrected chi connectivity index (χ0v) is 11.1. The molecule has 5 heteroatoms. The van der Waals surface area contributed by atoms with Crippen molar-refractivity contribution in [2.45, 2.75) is 19.9 Å². The van der Waals surface area contributed by atoms with Gasteiger partial charge in [-0.2, -0.15) is 5.10 Å². The van der Waals surface area contributed by atoms with Crippen LogP contribution in [0.2, 0.25) is 10.0 Å². The molecule has 0 amide bonds. The van der Waals surface area contributed by atoms with Gasteiger partial charge >= 0.3 is 0 Å². The monoisotopic (exact) mass is 269 g/mol. The maximum atomic E-state index is 6.18. The molecule has 1 aromatic carbocycles. The molecule has 0 spiro atoms. The van der Waals surface area contributed by atoms with Crippen LogP contribution in [-0.4, -0.2) is 9.78 Å². The summed E-state index contributed by atoms with van der Waals surface area (Å²) >= 11 is 12.4. The Morgan fingerprint density at radius 3 is 2.35 bits per heavy atom. The molecule has 2 N–H and O–H groups in total. The molecule has 17 heavy (non-hydrogen) atoms. The Labute approximate surface area is 110 Å². The zero-order valence-electron chi connectivity index (χ0n) is 9.61. The lowest BCUT2D eigenvalue weighted by atomic mass is 10.1. The van der Waals surface area contributed by atoms with Gasteiger partial charge in [-0.3, -0.25) is 4.68 Å². The van der Waals surface area contributed by atoms with Crippen LogP contribution in [0, 0.1) is 6.92 Å². The van der Waals surface area contributed by atoms with Crippen molar-refractivity contribution in [2.75, 3.05) is 5.73 Å². The first kappa shape index (κ1) is 12.3. The Bertz CT molecular complexity index is 528. The topological polar surface area (TPSA) is 43.8 Å². The summed E-state index contributed by atoms with van der Waals surface area (Å²) in [6, 6.07) is 5.42. The second-order valence-corrected chi connectivity index (χ2v) is 4.76. The SMILES string of the molecule is Cc1c(N)cnn1C(C)c1c(Cl)cccc1Cl. The highest BCUT2D eigenvalue weighted by Gasteiger charge is 2.18. The fourth-order valence-electron chi connectivity index (χ4n) is 1.86. The summed E-state index contributed by atoms with van der Waals surface area (Å²) in [5, 5.41) is 5.52. The van der Waals surface area contributed by atoms with Crippen LogP contribution >= 0.6 is 23.2 Å². The summed E-state index contributed by atoms with van der Waals surface area (Å²) in [5.41, 5.74) is 8.22. The van der Waals surface area contributed by atoms with Crippen LogP contribution in [0.3, 0.4) is 0 Å². The van der Waals surface area contributed by atoms with Crippen LogP contribution in [0.4, 0.5) is 5.69 Å². The third kappa shape index (κ3) is 2.13. The molecule has 0 fully saturated rings. The van der Waals surface area contributed by atoms with Crippen LogP contribution in [0.5, 0.6) is 0 Å². The maximum absolute atomic E-state index is 6.18. The molecule has 0 radical (unpaired) electrons. The fourth-order valence-corrected chi connectivity index (χ4v) is 2.57. The van der Waals surface area contributed by atoms with Gasteiger partial charge in [0.1, 0.15) is 0 Å². The minimum atomic E-state index is -0.0477. The molecule has 1 aromatic heterocycles. The van der Waals surface area contributed by atoms with Crippen LogP contribution < -0.4 is 5.73 Å². The molecule has 1 atom stereocenters. The summed E-state index contributed by atoms with van der Waals surface area (Å²) in [6.45, 7) is 3.91. The first-order valence-electron chi connectivity index (χ1n) is 5.26. The van der Waals surface area contributed by atoms with Gasteiger partial charge in [-0.15, -0.1) is 0 Å². The molecule has 0 aliphatic carbocycles. The predicted molar refractivity (Wildman–Crippen MR) is 71.7 cm³/mol. The summed E-state index contributed by atoms with van der Waals surface area (Å²) < 4.78 is 1.82. The van der Waals surface area contributed by atoms with Gasteiger partial charge in [-0.05, 0) is 26.0 Å². The van der Waals surface area contributed by atoms with E-state index in [2.05, 4.69) is 5.10 Å². The molecule has 0 saturated heterocycles. The highest BCUT2D eigenvalue weighted by atomic mass is 35.5. The molecule has 1 unspecified atom stereocenters. The van der Waals surface area contributed by atoms with Gasteiger partial charge in [0.15, 0.2) is 0 Å². The Kier molecular flexibility index (Phi) is 3.31.